The molecule has 2 aromatic heterocycles. The highest BCUT2D eigenvalue weighted by Crippen LogP contribution is 2.31. The summed E-state index contributed by atoms with van der Waals surface area (Å²) in [4.78, 5) is 23.4. The van der Waals surface area contributed by atoms with Crippen LogP contribution in [-0.2, 0) is 17.7 Å². The number of fused-ring (bicyclic) bond motifs is 1. The van der Waals surface area contributed by atoms with E-state index in [0.717, 1.165) is 54.8 Å². The molecule has 10 nitrogen and oxygen atoms in total. The first kappa shape index (κ1) is 24.3. The van der Waals surface area contributed by atoms with Crippen LogP contribution in [0.4, 0.5) is 17.5 Å². The Morgan fingerprint density at radius 3 is 2.56 bits per heavy atom. The van der Waals surface area contributed by atoms with E-state index in [2.05, 4.69) is 30.4 Å². The summed E-state index contributed by atoms with van der Waals surface area (Å²) in [6.07, 6.45) is 4.39. The van der Waals surface area contributed by atoms with E-state index >= 15 is 0 Å². The smallest absolute Gasteiger partial charge is 0.225 e. The van der Waals surface area contributed by atoms with E-state index in [4.69, 9.17) is 32.7 Å². The normalized spacial score (nSPS) is 16.3. The topological polar surface area (TPSA) is 117 Å². The molecule has 5 rings (SSSR count). The Morgan fingerprint density at radius 2 is 1.83 bits per heavy atom. The molecular formula is C25H31N9OS. The molecule has 1 atom stereocenters. The summed E-state index contributed by atoms with van der Waals surface area (Å²) in [6, 6.07) is 9.86. The van der Waals surface area contributed by atoms with E-state index in [9.17, 15) is 0 Å². The van der Waals surface area contributed by atoms with Crippen molar-refractivity contribution in [3.05, 3.63) is 54.0 Å². The van der Waals surface area contributed by atoms with E-state index in [-0.39, 0.29) is 6.04 Å². The van der Waals surface area contributed by atoms with Gasteiger partial charge in [0, 0.05) is 61.4 Å². The minimum absolute atomic E-state index is 0.0262. The Morgan fingerprint density at radius 1 is 1.08 bits per heavy atom. The summed E-state index contributed by atoms with van der Waals surface area (Å²) in [5, 5.41) is 6.85. The van der Waals surface area contributed by atoms with Gasteiger partial charge in [0.25, 0.3) is 0 Å². The second-order valence-electron chi connectivity index (χ2n) is 9.01. The third-order valence-electron chi connectivity index (χ3n) is 6.17. The Hall–Kier alpha value is -3.41. The average Bonchev–Trinajstić information content (AvgIpc) is 2.92. The van der Waals surface area contributed by atoms with Gasteiger partial charge in [-0.1, -0.05) is 0 Å². The van der Waals surface area contributed by atoms with Crippen molar-refractivity contribution in [1.82, 2.24) is 25.3 Å². The Labute approximate surface area is 216 Å². The highest BCUT2D eigenvalue weighted by Gasteiger charge is 2.27. The van der Waals surface area contributed by atoms with Gasteiger partial charge in [-0.3, -0.25) is 0 Å². The summed E-state index contributed by atoms with van der Waals surface area (Å²) < 4.78 is 5.59. The monoisotopic (exact) mass is 505 g/mol. The number of thiocarbonyl (C=S) groups is 1. The average molecular weight is 506 g/mol. The van der Waals surface area contributed by atoms with Crippen LogP contribution in [-0.4, -0.2) is 70.5 Å². The molecule has 1 unspecified atom stereocenters. The van der Waals surface area contributed by atoms with E-state index in [1.165, 1.54) is 5.56 Å². The van der Waals surface area contributed by atoms with Gasteiger partial charge in [-0.2, -0.15) is 0 Å². The predicted octanol–water partition coefficient (Wildman–Crippen LogP) is 1.97. The van der Waals surface area contributed by atoms with Crippen LogP contribution in [0, 0.1) is 0 Å². The lowest BCUT2D eigenvalue weighted by Gasteiger charge is -2.34. The van der Waals surface area contributed by atoms with Crippen molar-refractivity contribution in [2.75, 3.05) is 54.5 Å². The third kappa shape index (κ3) is 5.69. The fourth-order valence-corrected chi connectivity index (χ4v) is 4.53. The zero-order valence-electron chi connectivity index (χ0n) is 20.4. The molecule has 0 bridgehead atoms. The predicted molar refractivity (Wildman–Crippen MR) is 145 cm³/mol. The molecule has 188 valence electrons. The van der Waals surface area contributed by atoms with Gasteiger partial charge in [0.2, 0.25) is 5.95 Å². The fraction of sp³-hybridized carbons (Fsp3) is 0.400. The molecule has 2 aliphatic heterocycles. The molecule has 4 heterocycles. The number of rotatable bonds is 6. The van der Waals surface area contributed by atoms with Crippen LogP contribution in [0.25, 0.3) is 11.4 Å². The van der Waals surface area contributed by atoms with Crippen LogP contribution < -0.4 is 26.2 Å². The minimum atomic E-state index is 0.0262. The highest BCUT2D eigenvalue weighted by molar-refractivity contribution is 7.80. The van der Waals surface area contributed by atoms with Gasteiger partial charge < -0.3 is 30.9 Å². The molecule has 36 heavy (non-hydrogen) atoms. The molecule has 0 aliphatic carbocycles. The van der Waals surface area contributed by atoms with Gasteiger partial charge in [-0.05, 0) is 55.9 Å². The fourth-order valence-electron chi connectivity index (χ4n) is 4.33. The summed E-state index contributed by atoms with van der Waals surface area (Å²) in [5.74, 6) is 2.44. The lowest BCUT2D eigenvalue weighted by molar-refractivity contribution is 0.122. The summed E-state index contributed by atoms with van der Waals surface area (Å²) in [5.41, 5.74) is 9.85. The first-order valence-electron chi connectivity index (χ1n) is 12.2. The molecule has 1 saturated heterocycles. The zero-order valence-corrected chi connectivity index (χ0v) is 21.2. The first-order valence-corrected chi connectivity index (χ1v) is 12.6. The molecule has 1 aromatic carbocycles. The standard InChI is InChI=1S/C25H31N9OS/c1-17(26)15-29-25(36)30-19-5-3-18(4-6-19)22-31-21-16-34(24-27-8-2-9-28-24)10-7-20(21)23(32-22)33-11-13-35-14-12-33/h2-6,8-9,17H,7,10-16,26H2,1H3,(H2,29,30,36). The van der Waals surface area contributed by atoms with Crippen molar-refractivity contribution in [3.63, 3.8) is 0 Å². The van der Waals surface area contributed by atoms with E-state index < -0.39 is 0 Å². The second-order valence-corrected chi connectivity index (χ2v) is 9.41. The Kier molecular flexibility index (Phi) is 7.49. The molecule has 0 saturated carbocycles. The lowest BCUT2D eigenvalue weighted by atomic mass is 10.0. The molecule has 0 radical (unpaired) electrons. The maximum Gasteiger partial charge on any atom is 0.225 e. The molecule has 0 spiro atoms. The number of morpholine rings is 1. The quantitative estimate of drug-likeness (QED) is 0.427. The van der Waals surface area contributed by atoms with Crippen molar-refractivity contribution in [2.24, 2.45) is 5.73 Å². The van der Waals surface area contributed by atoms with Gasteiger partial charge in [-0.25, -0.2) is 19.9 Å². The van der Waals surface area contributed by atoms with Gasteiger partial charge in [0.05, 0.1) is 25.5 Å². The number of ether oxygens (including phenoxy) is 1. The van der Waals surface area contributed by atoms with Crippen LogP contribution in [0.15, 0.2) is 42.7 Å². The van der Waals surface area contributed by atoms with Crippen molar-refractivity contribution in [1.29, 1.82) is 0 Å². The van der Waals surface area contributed by atoms with E-state index in [0.29, 0.717) is 37.2 Å². The number of hydrogen-bond donors (Lipinski definition) is 3. The minimum Gasteiger partial charge on any atom is -0.378 e. The number of benzene rings is 1. The highest BCUT2D eigenvalue weighted by atomic mass is 32.1. The maximum absolute atomic E-state index is 5.79. The molecule has 0 amide bonds. The summed E-state index contributed by atoms with van der Waals surface area (Å²) >= 11 is 5.36. The van der Waals surface area contributed by atoms with Gasteiger partial charge in [-0.15, -0.1) is 0 Å². The molecule has 11 heteroatoms. The molecular weight excluding hydrogens is 474 g/mol. The largest absolute Gasteiger partial charge is 0.378 e. The molecule has 4 N–H and O–H groups in total. The second kappa shape index (κ2) is 11.1. The summed E-state index contributed by atoms with van der Waals surface area (Å²) in [7, 11) is 0. The third-order valence-corrected chi connectivity index (χ3v) is 6.42. The number of anilines is 3. The van der Waals surface area contributed by atoms with Crippen LogP contribution in [0.3, 0.4) is 0 Å². The van der Waals surface area contributed by atoms with Gasteiger partial charge in [0.1, 0.15) is 5.82 Å². The SMILES string of the molecule is CC(N)CNC(=S)Nc1ccc(-c2nc3c(c(N4CCOCC4)n2)CCN(c2ncccn2)C3)cc1. The van der Waals surface area contributed by atoms with Crippen LogP contribution in [0.5, 0.6) is 0 Å². The number of hydrogen-bond acceptors (Lipinski definition) is 9. The molecule has 3 aromatic rings. The molecule has 2 aliphatic rings. The Balaban J connectivity index is 1.42. The van der Waals surface area contributed by atoms with Crippen LogP contribution in [0.1, 0.15) is 18.2 Å². The van der Waals surface area contributed by atoms with Crippen LogP contribution >= 0.6 is 12.2 Å². The van der Waals surface area contributed by atoms with Crippen molar-refractivity contribution in [2.45, 2.75) is 25.9 Å². The van der Waals surface area contributed by atoms with E-state index in [1.54, 1.807) is 12.4 Å². The molecule has 1 fully saturated rings. The van der Waals surface area contributed by atoms with E-state index in [1.807, 2.05) is 37.3 Å². The summed E-state index contributed by atoms with van der Waals surface area (Å²) in [6.45, 7) is 7.07. The van der Waals surface area contributed by atoms with Crippen LogP contribution in [0.2, 0.25) is 0 Å². The van der Waals surface area contributed by atoms with Gasteiger partial charge >= 0.3 is 0 Å². The number of nitrogens with zero attached hydrogens (tertiary/aromatic N) is 6. The number of nitrogens with two attached hydrogens (primary N) is 1. The Bertz CT molecular complexity index is 1180. The zero-order chi connectivity index (χ0) is 24.9. The maximum atomic E-state index is 5.79. The first-order chi connectivity index (χ1) is 17.6. The lowest BCUT2D eigenvalue weighted by Crippen LogP contribution is -2.39. The number of aromatic nitrogens is 4. The van der Waals surface area contributed by atoms with Crippen molar-refractivity contribution < 1.29 is 4.74 Å². The van der Waals surface area contributed by atoms with Gasteiger partial charge in [0.15, 0.2) is 10.9 Å². The van der Waals surface area contributed by atoms with Crippen molar-refractivity contribution >= 4 is 34.8 Å². The number of nitrogens with one attached hydrogen (secondary N) is 2. The van der Waals surface area contributed by atoms with Crippen molar-refractivity contribution in [3.8, 4) is 11.4 Å².